The van der Waals surface area contributed by atoms with Crippen LogP contribution in [0.15, 0.2) is 54.6 Å². The lowest BCUT2D eigenvalue weighted by Crippen LogP contribution is -2.47. The van der Waals surface area contributed by atoms with Gasteiger partial charge in [-0.05, 0) is 50.6 Å². The Bertz CT molecular complexity index is 737. The third-order valence-electron chi connectivity index (χ3n) is 3.47. The molecule has 1 unspecified atom stereocenters. The smallest absolute Gasteiger partial charge is 0.408 e. The number of nitrogen functional groups attached to an aromatic ring is 1. The van der Waals surface area contributed by atoms with Gasteiger partial charge >= 0.3 is 6.09 Å². The molecule has 0 saturated carbocycles. The van der Waals surface area contributed by atoms with Crippen molar-refractivity contribution >= 4 is 23.4 Å². The van der Waals surface area contributed by atoms with E-state index in [1.807, 2.05) is 30.3 Å². The molecule has 0 spiro atoms. The van der Waals surface area contributed by atoms with Crippen LogP contribution in [0.1, 0.15) is 26.3 Å². The topological polar surface area (TPSA) is 93.4 Å². The summed E-state index contributed by atoms with van der Waals surface area (Å²) in [5.74, 6) is -0.320. The number of carbonyl (C=O) groups is 2. The summed E-state index contributed by atoms with van der Waals surface area (Å²) in [5.41, 5.74) is 7.23. The normalized spacial score (nSPS) is 12.1. The van der Waals surface area contributed by atoms with Crippen LogP contribution in [-0.2, 0) is 16.0 Å². The lowest BCUT2D eigenvalue weighted by atomic mass is 10.0. The SMILES string of the molecule is CC(C)(C)OC(=O)NC(Cc1ccc(N)cc1)C(=O)Nc1ccccc1. The summed E-state index contributed by atoms with van der Waals surface area (Å²) in [7, 11) is 0. The molecule has 4 N–H and O–H groups in total. The summed E-state index contributed by atoms with van der Waals surface area (Å²) in [4.78, 5) is 24.8. The first-order chi connectivity index (χ1) is 12.2. The minimum absolute atomic E-state index is 0.318. The van der Waals surface area contributed by atoms with Gasteiger partial charge in [-0.25, -0.2) is 4.79 Å². The number of alkyl carbamates (subject to hydrolysis) is 1. The number of para-hydroxylation sites is 1. The fourth-order valence-electron chi connectivity index (χ4n) is 2.30. The molecule has 0 fully saturated rings. The molecule has 0 saturated heterocycles. The van der Waals surface area contributed by atoms with E-state index in [0.717, 1.165) is 5.56 Å². The van der Waals surface area contributed by atoms with Crippen molar-refractivity contribution in [1.82, 2.24) is 5.32 Å². The summed E-state index contributed by atoms with van der Waals surface area (Å²) in [6.45, 7) is 5.31. The van der Waals surface area contributed by atoms with Crippen molar-refractivity contribution in [2.75, 3.05) is 11.1 Å². The molecule has 1 atom stereocenters. The second-order valence-corrected chi connectivity index (χ2v) is 7.00. The summed E-state index contributed by atoms with van der Waals surface area (Å²) in [6.07, 6.45) is -0.320. The summed E-state index contributed by atoms with van der Waals surface area (Å²) < 4.78 is 5.28. The Morgan fingerprint density at radius 3 is 2.23 bits per heavy atom. The van der Waals surface area contributed by atoms with Crippen molar-refractivity contribution in [2.24, 2.45) is 0 Å². The number of anilines is 2. The van der Waals surface area contributed by atoms with E-state index in [1.54, 1.807) is 45.0 Å². The van der Waals surface area contributed by atoms with E-state index in [-0.39, 0.29) is 5.91 Å². The third-order valence-corrected chi connectivity index (χ3v) is 3.47. The zero-order chi connectivity index (χ0) is 19.2. The van der Waals surface area contributed by atoms with Crippen molar-refractivity contribution in [3.8, 4) is 0 Å². The molecule has 0 aromatic heterocycles. The predicted molar refractivity (Wildman–Crippen MR) is 103 cm³/mol. The lowest BCUT2D eigenvalue weighted by Gasteiger charge is -2.23. The van der Waals surface area contributed by atoms with Gasteiger partial charge in [-0.2, -0.15) is 0 Å². The van der Waals surface area contributed by atoms with E-state index in [0.29, 0.717) is 17.8 Å². The molecule has 2 aromatic rings. The van der Waals surface area contributed by atoms with Crippen molar-refractivity contribution < 1.29 is 14.3 Å². The predicted octanol–water partition coefficient (Wildman–Crippen LogP) is 3.34. The molecular weight excluding hydrogens is 330 g/mol. The average molecular weight is 355 g/mol. The van der Waals surface area contributed by atoms with Crippen LogP contribution in [0.3, 0.4) is 0 Å². The maximum Gasteiger partial charge on any atom is 0.408 e. The highest BCUT2D eigenvalue weighted by molar-refractivity contribution is 5.96. The zero-order valence-corrected chi connectivity index (χ0v) is 15.3. The second-order valence-electron chi connectivity index (χ2n) is 7.00. The highest BCUT2D eigenvalue weighted by atomic mass is 16.6. The number of nitrogens with one attached hydrogen (secondary N) is 2. The van der Waals surface area contributed by atoms with E-state index in [9.17, 15) is 9.59 Å². The monoisotopic (exact) mass is 355 g/mol. The Kier molecular flexibility index (Phi) is 6.22. The van der Waals surface area contributed by atoms with Crippen LogP contribution in [0.25, 0.3) is 0 Å². The minimum atomic E-state index is -0.784. The molecule has 6 nitrogen and oxygen atoms in total. The van der Waals surface area contributed by atoms with Crippen molar-refractivity contribution in [1.29, 1.82) is 0 Å². The van der Waals surface area contributed by atoms with Gasteiger partial charge in [0.2, 0.25) is 5.91 Å². The van der Waals surface area contributed by atoms with Gasteiger partial charge in [0.15, 0.2) is 0 Å². The van der Waals surface area contributed by atoms with Crippen LogP contribution in [-0.4, -0.2) is 23.6 Å². The third kappa shape index (κ3) is 6.47. The molecule has 0 aliphatic carbocycles. The van der Waals surface area contributed by atoms with Crippen molar-refractivity contribution in [3.63, 3.8) is 0 Å². The molecule has 0 bridgehead atoms. The van der Waals surface area contributed by atoms with E-state index in [2.05, 4.69) is 10.6 Å². The highest BCUT2D eigenvalue weighted by Crippen LogP contribution is 2.12. The standard InChI is InChI=1S/C20H25N3O3/c1-20(2,3)26-19(25)23-17(13-14-9-11-15(21)12-10-14)18(24)22-16-7-5-4-6-8-16/h4-12,17H,13,21H2,1-3H3,(H,22,24)(H,23,25). The number of rotatable bonds is 5. The number of benzene rings is 2. The molecular formula is C20H25N3O3. The number of nitrogens with two attached hydrogens (primary N) is 1. The Morgan fingerprint density at radius 1 is 1.04 bits per heavy atom. The Balaban J connectivity index is 2.12. The first-order valence-corrected chi connectivity index (χ1v) is 8.43. The molecule has 2 amide bonds. The first kappa shape index (κ1) is 19.3. The molecule has 0 aliphatic heterocycles. The molecule has 0 aliphatic rings. The molecule has 6 heteroatoms. The number of hydrogen-bond acceptors (Lipinski definition) is 4. The number of carbonyl (C=O) groups excluding carboxylic acids is 2. The van der Waals surface area contributed by atoms with Gasteiger partial charge < -0.3 is 21.1 Å². The summed E-state index contributed by atoms with van der Waals surface area (Å²) in [6, 6.07) is 15.5. The van der Waals surface area contributed by atoms with Crippen molar-refractivity contribution in [3.05, 3.63) is 60.2 Å². The quantitative estimate of drug-likeness (QED) is 0.717. The van der Waals surface area contributed by atoms with Crippen LogP contribution in [0.2, 0.25) is 0 Å². The number of amides is 2. The van der Waals surface area contributed by atoms with Gasteiger partial charge in [0, 0.05) is 17.8 Å². The molecule has 138 valence electrons. The molecule has 2 aromatic carbocycles. The first-order valence-electron chi connectivity index (χ1n) is 8.43. The second kappa shape index (κ2) is 8.38. The highest BCUT2D eigenvalue weighted by Gasteiger charge is 2.24. The van der Waals surface area contributed by atoms with E-state index in [1.165, 1.54) is 0 Å². The van der Waals surface area contributed by atoms with Gasteiger partial charge in [-0.15, -0.1) is 0 Å². The Labute approximate surface area is 153 Å². The molecule has 2 rings (SSSR count). The van der Waals surface area contributed by atoms with Crippen LogP contribution in [0.5, 0.6) is 0 Å². The van der Waals surface area contributed by atoms with Gasteiger partial charge in [0.25, 0.3) is 0 Å². The molecule has 26 heavy (non-hydrogen) atoms. The fourth-order valence-corrected chi connectivity index (χ4v) is 2.30. The summed E-state index contributed by atoms with van der Waals surface area (Å²) in [5, 5.41) is 5.46. The van der Waals surface area contributed by atoms with Crippen LogP contribution in [0, 0.1) is 0 Å². The van der Waals surface area contributed by atoms with Gasteiger partial charge in [-0.3, -0.25) is 4.79 Å². The largest absolute Gasteiger partial charge is 0.444 e. The minimum Gasteiger partial charge on any atom is -0.444 e. The van der Waals surface area contributed by atoms with Crippen LogP contribution >= 0.6 is 0 Å². The number of hydrogen-bond donors (Lipinski definition) is 3. The van der Waals surface area contributed by atoms with Gasteiger partial charge in [0.05, 0.1) is 0 Å². The maximum absolute atomic E-state index is 12.7. The average Bonchev–Trinajstić information content (AvgIpc) is 2.55. The Hall–Kier alpha value is -3.02. The fraction of sp³-hybridized carbons (Fsp3) is 0.300. The zero-order valence-electron chi connectivity index (χ0n) is 15.3. The van der Waals surface area contributed by atoms with E-state index < -0.39 is 17.7 Å². The van der Waals surface area contributed by atoms with E-state index >= 15 is 0 Å². The molecule has 0 heterocycles. The molecule has 0 radical (unpaired) electrons. The maximum atomic E-state index is 12.7. The van der Waals surface area contributed by atoms with Gasteiger partial charge in [-0.1, -0.05) is 30.3 Å². The summed E-state index contributed by atoms with van der Waals surface area (Å²) >= 11 is 0. The van der Waals surface area contributed by atoms with Crippen LogP contribution in [0.4, 0.5) is 16.2 Å². The van der Waals surface area contributed by atoms with Crippen molar-refractivity contribution in [2.45, 2.75) is 38.8 Å². The number of ether oxygens (including phenoxy) is 1. The Morgan fingerprint density at radius 2 is 1.65 bits per heavy atom. The lowest BCUT2D eigenvalue weighted by molar-refractivity contribution is -0.118. The van der Waals surface area contributed by atoms with E-state index in [4.69, 9.17) is 10.5 Å². The van der Waals surface area contributed by atoms with Gasteiger partial charge in [0.1, 0.15) is 11.6 Å². The van der Waals surface area contributed by atoms with Crippen LogP contribution < -0.4 is 16.4 Å².